The smallest absolute Gasteiger partial charge is 0.255 e. The molecule has 0 bridgehead atoms. The average Bonchev–Trinajstić information content (AvgIpc) is 2.86. The summed E-state index contributed by atoms with van der Waals surface area (Å²) in [4.78, 5) is 44.7. The van der Waals surface area contributed by atoms with Crippen LogP contribution in [0.1, 0.15) is 17.5 Å². The standard InChI is InChI=1S/C27H34N4O8/c1-29(2)15-11-16(31-5-7-39-8-6-31)21(32)18-13(15)9-12-10-14-20(30(3)4)23(34)19(26(28)37)25(36)27(14,38)24(35)17(12)22(18)33/h11-12,14,20,32-33,36,38H,5-10H2,1-4H3,(H2,28,37)/t12-,14-,20-,27-/m0/s1. The van der Waals surface area contributed by atoms with Crippen LogP contribution >= 0.6 is 0 Å². The molecule has 12 nitrogen and oxygen atoms in total. The number of hydrogen-bond donors (Lipinski definition) is 5. The molecule has 6 N–H and O–H groups in total. The largest absolute Gasteiger partial charge is 0.508 e. The zero-order valence-corrected chi connectivity index (χ0v) is 22.4. The number of primary amides is 1. The number of aromatic hydroxyl groups is 1. The quantitative estimate of drug-likeness (QED) is 0.320. The maximum absolute atomic E-state index is 14.0. The van der Waals surface area contributed by atoms with Crippen LogP contribution in [-0.2, 0) is 25.5 Å². The van der Waals surface area contributed by atoms with E-state index in [9.17, 15) is 34.8 Å². The van der Waals surface area contributed by atoms with Crippen molar-refractivity contribution in [2.45, 2.75) is 24.5 Å². The van der Waals surface area contributed by atoms with Crippen LogP contribution in [0, 0.1) is 11.8 Å². The highest BCUT2D eigenvalue weighted by Crippen LogP contribution is 2.55. The van der Waals surface area contributed by atoms with E-state index in [4.69, 9.17) is 10.5 Å². The van der Waals surface area contributed by atoms with Crippen molar-refractivity contribution < 1.29 is 39.5 Å². The first-order valence-electron chi connectivity index (χ1n) is 12.9. The molecular weight excluding hydrogens is 508 g/mol. The molecule has 39 heavy (non-hydrogen) atoms. The Morgan fingerprint density at radius 1 is 1.13 bits per heavy atom. The number of carbonyl (C=O) groups excluding carboxylic acids is 3. The van der Waals surface area contributed by atoms with Gasteiger partial charge in [0.05, 0.1) is 30.5 Å². The van der Waals surface area contributed by atoms with Gasteiger partial charge in [0.15, 0.2) is 11.4 Å². The minimum Gasteiger partial charge on any atom is -0.508 e. The number of ether oxygens (including phenoxy) is 1. The third kappa shape index (κ3) is 3.73. The number of likely N-dealkylation sites (N-methyl/N-ethyl adjacent to an activating group) is 1. The number of aliphatic hydroxyl groups excluding tert-OH is 2. The van der Waals surface area contributed by atoms with Gasteiger partial charge in [0.1, 0.15) is 22.8 Å². The van der Waals surface area contributed by atoms with Gasteiger partial charge in [-0.2, -0.15) is 0 Å². The van der Waals surface area contributed by atoms with Gasteiger partial charge in [-0.1, -0.05) is 0 Å². The predicted molar refractivity (Wildman–Crippen MR) is 142 cm³/mol. The van der Waals surface area contributed by atoms with E-state index in [0.29, 0.717) is 37.6 Å². The van der Waals surface area contributed by atoms with Crippen LogP contribution in [0.2, 0.25) is 0 Å². The lowest BCUT2D eigenvalue weighted by molar-refractivity contribution is -0.153. The summed E-state index contributed by atoms with van der Waals surface area (Å²) in [5.74, 6) is -6.60. The molecule has 1 aliphatic heterocycles. The van der Waals surface area contributed by atoms with Crippen molar-refractivity contribution in [3.8, 4) is 5.75 Å². The normalized spacial score (nSPS) is 28.9. The maximum atomic E-state index is 14.0. The number of nitrogens with zero attached hydrogens (tertiary/aromatic N) is 3. The van der Waals surface area contributed by atoms with Gasteiger partial charge in [-0.15, -0.1) is 0 Å². The molecule has 3 aliphatic carbocycles. The number of morpholine rings is 1. The maximum Gasteiger partial charge on any atom is 0.255 e. The van der Waals surface area contributed by atoms with E-state index >= 15 is 0 Å². The van der Waals surface area contributed by atoms with Crippen LogP contribution < -0.4 is 15.5 Å². The number of nitrogens with two attached hydrogens (primary N) is 1. The van der Waals surface area contributed by atoms with Crippen molar-refractivity contribution in [2.75, 3.05) is 64.3 Å². The predicted octanol–water partition coefficient (Wildman–Crippen LogP) is -0.133. The summed E-state index contributed by atoms with van der Waals surface area (Å²) in [5, 5.41) is 45.8. The number of rotatable bonds is 4. The second kappa shape index (κ2) is 9.25. The van der Waals surface area contributed by atoms with Crippen LogP contribution in [-0.4, -0.2) is 109 Å². The lowest BCUT2D eigenvalue weighted by atomic mass is 9.57. The third-order valence-corrected chi connectivity index (χ3v) is 8.51. The fourth-order valence-electron chi connectivity index (χ4n) is 6.72. The minimum atomic E-state index is -2.66. The Morgan fingerprint density at radius 3 is 2.33 bits per heavy atom. The van der Waals surface area contributed by atoms with Gasteiger partial charge >= 0.3 is 0 Å². The Balaban J connectivity index is 1.74. The fourth-order valence-corrected chi connectivity index (χ4v) is 6.72. The monoisotopic (exact) mass is 542 g/mol. The zero-order chi connectivity index (χ0) is 28.5. The molecule has 12 heteroatoms. The Kier molecular flexibility index (Phi) is 6.40. The summed E-state index contributed by atoms with van der Waals surface area (Å²) in [6.45, 7) is 1.98. The summed E-state index contributed by atoms with van der Waals surface area (Å²) in [6.07, 6.45) is 0.281. The molecule has 1 amide bonds. The van der Waals surface area contributed by atoms with E-state index in [1.807, 2.05) is 30.0 Å². The van der Waals surface area contributed by atoms with E-state index in [-0.39, 0.29) is 29.7 Å². The van der Waals surface area contributed by atoms with E-state index < -0.39 is 58.0 Å². The van der Waals surface area contributed by atoms with Gasteiger partial charge in [-0.05, 0) is 44.5 Å². The molecule has 1 aromatic rings. The number of benzene rings is 1. The molecular formula is C27H34N4O8. The highest BCUT2D eigenvalue weighted by atomic mass is 16.5. The lowest BCUT2D eigenvalue weighted by Gasteiger charge is -2.50. The highest BCUT2D eigenvalue weighted by Gasteiger charge is 2.64. The van der Waals surface area contributed by atoms with Crippen molar-refractivity contribution in [1.82, 2.24) is 4.90 Å². The van der Waals surface area contributed by atoms with Gasteiger partial charge in [-0.25, -0.2) is 0 Å². The molecule has 4 atom stereocenters. The van der Waals surface area contributed by atoms with Crippen molar-refractivity contribution in [2.24, 2.45) is 17.6 Å². The van der Waals surface area contributed by atoms with Gasteiger partial charge in [0.25, 0.3) is 5.91 Å². The highest BCUT2D eigenvalue weighted by molar-refractivity contribution is 6.24. The second-order valence-corrected chi connectivity index (χ2v) is 11.1. The molecule has 210 valence electrons. The zero-order valence-electron chi connectivity index (χ0n) is 22.4. The van der Waals surface area contributed by atoms with Crippen LogP contribution in [0.4, 0.5) is 11.4 Å². The molecule has 2 fully saturated rings. The summed E-state index contributed by atoms with van der Waals surface area (Å²) in [6, 6.07) is 0.729. The minimum absolute atomic E-state index is 0.0462. The summed E-state index contributed by atoms with van der Waals surface area (Å²) in [7, 11) is 6.82. The number of aliphatic hydroxyl groups is 3. The Morgan fingerprint density at radius 2 is 1.77 bits per heavy atom. The van der Waals surface area contributed by atoms with Crippen molar-refractivity contribution in [1.29, 1.82) is 0 Å². The number of ketones is 2. The molecule has 0 aromatic heterocycles. The molecule has 0 spiro atoms. The topological polar surface area (TPSA) is 177 Å². The van der Waals surface area contributed by atoms with Gasteiger partial charge < -0.3 is 40.7 Å². The Hall–Kier alpha value is -3.61. The van der Waals surface area contributed by atoms with Crippen LogP contribution in [0.15, 0.2) is 23.0 Å². The number of phenols is 1. The number of Topliss-reactive ketones (excluding diaryl/α,β-unsaturated/α-hetero) is 2. The van der Waals surface area contributed by atoms with E-state index in [2.05, 4.69) is 0 Å². The SMILES string of the molecule is CN(C)c1cc(N2CCOCC2)c(O)c2c1C[C@H]1C[C@H]3[C@H](N(C)C)C(=O)C(C(N)=O)=C(O)[C@@]3(O)C(=O)C1=C2O. The summed E-state index contributed by atoms with van der Waals surface area (Å²) < 4.78 is 5.43. The second-order valence-electron chi connectivity index (χ2n) is 11.1. The number of amides is 1. The average molecular weight is 543 g/mol. The van der Waals surface area contributed by atoms with Crippen LogP contribution in [0.5, 0.6) is 5.75 Å². The molecule has 1 saturated heterocycles. The van der Waals surface area contributed by atoms with Crippen LogP contribution in [0.25, 0.3) is 5.76 Å². The summed E-state index contributed by atoms with van der Waals surface area (Å²) >= 11 is 0. The van der Waals surface area contributed by atoms with E-state index in [1.165, 1.54) is 4.90 Å². The van der Waals surface area contributed by atoms with Crippen molar-refractivity contribution >= 4 is 34.6 Å². The molecule has 0 unspecified atom stereocenters. The first-order valence-corrected chi connectivity index (χ1v) is 12.9. The number of phenolic OH excluding ortho intramolecular Hbond substituents is 1. The van der Waals surface area contributed by atoms with E-state index in [0.717, 1.165) is 5.69 Å². The lowest BCUT2D eigenvalue weighted by Crippen LogP contribution is -2.65. The number of carbonyl (C=O) groups is 3. The molecule has 1 heterocycles. The number of hydrogen-bond acceptors (Lipinski definition) is 11. The molecule has 0 radical (unpaired) electrons. The van der Waals surface area contributed by atoms with Crippen molar-refractivity contribution in [3.05, 3.63) is 34.1 Å². The Bertz CT molecular complexity index is 1340. The third-order valence-electron chi connectivity index (χ3n) is 8.51. The van der Waals surface area contributed by atoms with Gasteiger partial charge in [0.2, 0.25) is 5.78 Å². The molecule has 1 saturated carbocycles. The van der Waals surface area contributed by atoms with Crippen molar-refractivity contribution in [3.63, 3.8) is 0 Å². The first kappa shape index (κ1) is 27.0. The van der Waals surface area contributed by atoms with Crippen LogP contribution in [0.3, 0.4) is 0 Å². The van der Waals surface area contributed by atoms with Gasteiger partial charge in [-0.3, -0.25) is 19.3 Å². The number of anilines is 2. The Labute approximate surface area is 225 Å². The number of fused-ring (bicyclic) bond motifs is 3. The first-order chi connectivity index (χ1) is 18.3. The van der Waals surface area contributed by atoms with Gasteiger partial charge in [0, 0.05) is 44.4 Å². The molecule has 4 aliphatic rings. The molecule has 1 aromatic carbocycles. The van der Waals surface area contributed by atoms with E-state index in [1.54, 1.807) is 14.1 Å². The molecule has 5 rings (SSSR count). The summed E-state index contributed by atoms with van der Waals surface area (Å²) in [5.41, 5.74) is 3.65. The fraction of sp³-hybridized carbons (Fsp3) is 0.519.